The lowest BCUT2D eigenvalue weighted by atomic mass is 10.2. The third kappa shape index (κ3) is 5.74. The summed E-state index contributed by atoms with van der Waals surface area (Å²) in [7, 11) is 0. The molecule has 2 rings (SSSR count). The van der Waals surface area contributed by atoms with Crippen molar-refractivity contribution in [2.24, 2.45) is 0 Å². The Morgan fingerprint density at radius 1 is 1.46 bits per heavy atom. The lowest BCUT2D eigenvalue weighted by Crippen LogP contribution is -2.36. The molecule has 1 amide bonds. The largest absolute Gasteiger partial charge is 0.483 e. The van der Waals surface area contributed by atoms with Crippen LogP contribution < -0.4 is 10.1 Å². The van der Waals surface area contributed by atoms with Gasteiger partial charge in [0.25, 0.3) is 0 Å². The molecule has 2 atom stereocenters. The molecule has 1 aliphatic heterocycles. The fourth-order valence-corrected chi connectivity index (χ4v) is 2.54. The highest BCUT2D eigenvalue weighted by molar-refractivity contribution is 5.68. The third-order valence-corrected chi connectivity index (χ3v) is 3.79. The molecule has 1 fully saturated rings. The molecule has 0 radical (unpaired) electrons. The van der Waals surface area contributed by atoms with E-state index in [-0.39, 0.29) is 18.4 Å². The van der Waals surface area contributed by atoms with Crippen LogP contribution in [0.15, 0.2) is 18.2 Å². The first-order chi connectivity index (χ1) is 12.2. The second-order valence-electron chi connectivity index (χ2n) is 7.29. The molecule has 0 aromatic heterocycles. The van der Waals surface area contributed by atoms with E-state index in [2.05, 4.69) is 5.32 Å². The number of hydrogen-bond acceptors (Lipinski definition) is 6. The SMILES string of the molecule is CC(C)(C)OC(=O)N1CCC(Oc2c(F)cccc2NCC(O)CO)C1. The van der Waals surface area contributed by atoms with Crippen LogP contribution in [0.2, 0.25) is 0 Å². The fourth-order valence-electron chi connectivity index (χ4n) is 2.54. The van der Waals surface area contributed by atoms with Crippen molar-refractivity contribution < 1.29 is 28.9 Å². The first kappa shape index (κ1) is 20.3. The molecule has 0 bridgehead atoms. The summed E-state index contributed by atoms with van der Waals surface area (Å²) in [4.78, 5) is 13.7. The van der Waals surface area contributed by atoms with Crippen LogP contribution in [0.3, 0.4) is 0 Å². The molecule has 1 aromatic carbocycles. The van der Waals surface area contributed by atoms with E-state index < -0.39 is 30.2 Å². The summed E-state index contributed by atoms with van der Waals surface area (Å²) in [6.45, 7) is 5.84. The van der Waals surface area contributed by atoms with Gasteiger partial charge in [0.1, 0.15) is 11.7 Å². The molecule has 2 unspecified atom stereocenters. The van der Waals surface area contributed by atoms with Crippen LogP contribution in [-0.2, 0) is 4.74 Å². The molecule has 3 N–H and O–H groups in total. The van der Waals surface area contributed by atoms with Gasteiger partial charge in [0.15, 0.2) is 11.6 Å². The topological polar surface area (TPSA) is 91.3 Å². The molecular weight excluding hydrogens is 343 g/mol. The number of carbonyl (C=O) groups excluding carboxylic acids is 1. The maximum absolute atomic E-state index is 14.2. The lowest BCUT2D eigenvalue weighted by molar-refractivity contribution is 0.0275. The average molecular weight is 370 g/mol. The molecule has 8 heteroatoms. The van der Waals surface area contributed by atoms with Gasteiger partial charge < -0.3 is 29.9 Å². The number of nitrogens with one attached hydrogen (secondary N) is 1. The van der Waals surface area contributed by atoms with E-state index in [1.807, 2.05) is 0 Å². The summed E-state index contributed by atoms with van der Waals surface area (Å²) < 4.78 is 25.3. The molecule has 7 nitrogen and oxygen atoms in total. The number of aliphatic hydroxyl groups is 2. The van der Waals surface area contributed by atoms with Crippen molar-refractivity contribution in [3.05, 3.63) is 24.0 Å². The van der Waals surface area contributed by atoms with Crippen LogP contribution in [0.25, 0.3) is 0 Å². The Bertz CT molecular complexity index is 620. The lowest BCUT2D eigenvalue weighted by Gasteiger charge is -2.24. The highest BCUT2D eigenvalue weighted by atomic mass is 19.1. The zero-order valence-corrected chi connectivity index (χ0v) is 15.4. The standard InChI is InChI=1S/C18H27FN2O5/c1-18(2,3)26-17(24)21-8-7-13(10-21)25-16-14(19)5-4-6-15(16)20-9-12(23)11-22/h4-6,12-13,20,22-23H,7-11H2,1-3H3. The summed E-state index contributed by atoms with van der Waals surface area (Å²) in [5.41, 5.74) is -0.195. The molecule has 1 heterocycles. The van der Waals surface area contributed by atoms with Crippen molar-refractivity contribution in [2.75, 3.05) is 31.6 Å². The number of carbonyl (C=O) groups is 1. The Kier molecular flexibility index (Phi) is 6.66. The van der Waals surface area contributed by atoms with Crippen molar-refractivity contribution in [1.82, 2.24) is 4.90 Å². The molecule has 0 saturated carbocycles. The fraction of sp³-hybridized carbons (Fsp3) is 0.611. The van der Waals surface area contributed by atoms with Crippen LogP contribution in [0.4, 0.5) is 14.9 Å². The zero-order valence-electron chi connectivity index (χ0n) is 15.4. The molecule has 1 aromatic rings. The van der Waals surface area contributed by atoms with E-state index in [1.165, 1.54) is 12.1 Å². The van der Waals surface area contributed by atoms with Crippen molar-refractivity contribution >= 4 is 11.8 Å². The quantitative estimate of drug-likeness (QED) is 0.709. The van der Waals surface area contributed by atoms with E-state index in [0.29, 0.717) is 25.2 Å². The maximum Gasteiger partial charge on any atom is 0.410 e. The van der Waals surface area contributed by atoms with Crippen LogP contribution >= 0.6 is 0 Å². The Morgan fingerprint density at radius 3 is 2.85 bits per heavy atom. The van der Waals surface area contributed by atoms with E-state index in [9.17, 15) is 14.3 Å². The van der Waals surface area contributed by atoms with Gasteiger partial charge in [-0.1, -0.05) is 6.07 Å². The number of nitrogens with zero attached hydrogens (tertiary/aromatic N) is 1. The highest BCUT2D eigenvalue weighted by Gasteiger charge is 2.31. The molecule has 1 saturated heterocycles. The minimum absolute atomic E-state index is 0.0358. The number of amides is 1. The monoisotopic (exact) mass is 370 g/mol. The first-order valence-corrected chi connectivity index (χ1v) is 8.65. The number of aliphatic hydroxyl groups excluding tert-OH is 2. The van der Waals surface area contributed by atoms with Gasteiger partial charge in [-0.05, 0) is 32.9 Å². The van der Waals surface area contributed by atoms with Gasteiger partial charge in [0.05, 0.1) is 24.9 Å². The van der Waals surface area contributed by atoms with Gasteiger partial charge in [0.2, 0.25) is 0 Å². The zero-order chi connectivity index (χ0) is 19.3. The highest BCUT2D eigenvalue weighted by Crippen LogP contribution is 2.30. The molecule has 0 spiro atoms. The van der Waals surface area contributed by atoms with Crippen LogP contribution in [0.5, 0.6) is 5.75 Å². The number of halogens is 1. The van der Waals surface area contributed by atoms with Crippen molar-refractivity contribution in [3.8, 4) is 5.75 Å². The molecule has 1 aliphatic rings. The van der Waals surface area contributed by atoms with E-state index >= 15 is 0 Å². The van der Waals surface area contributed by atoms with E-state index in [0.717, 1.165) is 0 Å². The second-order valence-corrected chi connectivity index (χ2v) is 7.29. The summed E-state index contributed by atoms with van der Waals surface area (Å²) in [5.74, 6) is -0.502. The third-order valence-electron chi connectivity index (χ3n) is 3.79. The Morgan fingerprint density at radius 2 is 2.19 bits per heavy atom. The number of likely N-dealkylation sites (tertiary alicyclic amines) is 1. The van der Waals surface area contributed by atoms with Gasteiger partial charge in [-0.2, -0.15) is 0 Å². The minimum Gasteiger partial charge on any atom is -0.483 e. The summed E-state index contributed by atoms with van der Waals surface area (Å²) in [6.07, 6.45) is -1.17. The van der Waals surface area contributed by atoms with Crippen LogP contribution in [-0.4, -0.2) is 65.3 Å². The van der Waals surface area contributed by atoms with Gasteiger partial charge in [0, 0.05) is 19.5 Å². The van der Waals surface area contributed by atoms with Crippen LogP contribution in [0, 0.1) is 5.82 Å². The number of hydrogen-bond donors (Lipinski definition) is 3. The number of ether oxygens (including phenoxy) is 2. The predicted octanol–water partition coefficient (Wildman–Crippen LogP) is 1.98. The first-order valence-electron chi connectivity index (χ1n) is 8.65. The normalized spacial score (nSPS) is 18.5. The van der Waals surface area contributed by atoms with Crippen LogP contribution in [0.1, 0.15) is 27.2 Å². The van der Waals surface area contributed by atoms with Crippen molar-refractivity contribution in [3.63, 3.8) is 0 Å². The van der Waals surface area contributed by atoms with Gasteiger partial charge in [-0.3, -0.25) is 0 Å². The molecule has 146 valence electrons. The maximum atomic E-state index is 14.2. The summed E-state index contributed by atoms with van der Waals surface area (Å²) >= 11 is 0. The minimum atomic E-state index is -0.958. The van der Waals surface area contributed by atoms with Gasteiger partial charge >= 0.3 is 6.09 Å². The Labute approximate surface area is 152 Å². The Hall–Kier alpha value is -2.06. The summed E-state index contributed by atoms with van der Waals surface area (Å²) in [5, 5.41) is 21.2. The van der Waals surface area contributed by atoms with Crippen molar-refractivity contribution in [1.29, 1.82) is 0 Å². The average Bonchev–Trinajstić information content (AvgIpc) is 3.02. The smallest absolute Gasteiger partial charge is 0.410 e. The second kappa shape index (κ2) is 8.55. The predicted molar refractivity (Wildman–Crippen MR) is 94.8 cm³/mol. The van der Waals surface area contributed by atoms with E-state index in [4.69, 9.17) is 14.6 Å². The number of benzene rings is 1. The molecule has 0 aliphatic carbocycles. The molecular formula is C18H27FN2O5. The number of para-hydroxylation sites is 1. The number of rotatable bonds is 6. The Balaban J connectivity index is 1.99. The van der Waals surface area contributed by atoms with E-state index in [1.54, 1.807) is 31.7 Å². The van der Waals surface area contributed by atoms with Gasteiger partial charge in [-0.15, -0.1) is 0 Å². The van der Waals surface area contributed by atoms with Gasteiger partial charge in [-0.25, -0.2) is 9.18 Å². The van der Waals surface area contributed by atoms with Crippen molar-refractivity contribution in [2.45, 2.75) is 45.0 Å². The summed E-state index contributed by atoms with van der Waals surface area (Å²) in [6, 6.07) is 4.43. The number of anilines is 1. The molecule has 26 heavy (non-hydrogen) atoms.